The number of benzene rings is 2. The van der Waals surface area contributed by atoms with E-state index in [0.29, 0.717) is 40.2 Å². The molecule has 0 saturated carbocycles. The van der Waals surface area contributed by atoms with E-state index < -0.39 is 0 Å². The Bertz CT molecular complexity index is 825. The average Bonchev–Trinajstić information content (AvgIpc) is 2.71. The lowest BCUT2D eigenvalue weighted by Crippen LogP contribution is -2.30. The molecular weight excluding hydrogens is 424 g/mol. The Labute approximate surface area is 174 Å². The highest BCUT2D eigenvalue weighted by Crippen LogP contribution is 2.36. The van der Waals surface area contributed by atoms with E-state index in [9.17, 15) is 9.59 Å². The second-order valence-corrected chi connectivity index (χ2v) is 7.20. The molecule has 0 aliphatic rings. The molecule has 2 aromatic carbocycles. The zero-order chi connectivity index (χ0) is 20.8. The predicted octanol–water partition coefficient (Wildman–Crippen LogP) is 3.83. The zero-order valence-electron chi connectivity index (χ0n) is 16.8. The Hall–Kier alpha value is -2.54. The highest BCUT2D eigenvalue weighted by atomic mass is 79.9. The summed E-state index contributed by atoms with van der Waals surface area (Å²) >= 11 is 3.42. The molecule has 0 aliphatic heterocycles. The largest absolute Gasteiger partial charge is 0.495 e. The number of hydrogen-bond donors (Lipinski definition) is 0. The van der Waals surface area contributed by atoms with Crippen LogP contribution < -0.4 is 9.47 Å². The molecular formula is C21H25BrN2O4. The number of rotatable bonds is 7. The first-order chi connectivity index (χ1) is 13.3. The van der Waals surface area contributed by atoms with Gasteiger partial charge in [-0.1, -0.05) is 12.1 Å². The molecule has 2 amide bonds. The van der Waals surface area contributed by atoms with Crippen molar-refractivity contribution >= 4 is 27.7 Å². The van der Waals surface area contributed by atoms with Crippen molar-refractivity contribution in [2.75, 3.05) is 34.9 Å². The number of methoxy groups -OCH3 is 2. The second-order valence-electron chi connectivity index (χ2n) is 6.41. The van der Waals surface area contributed by atoms with Crippen molar-refractivity contribution in [1.29, 1.82) is 0 Å². The predicted molar refractivity (Wildman–Crippen MR) is 112 cm³/mol. The molecule has 150 valence electrons. The van der Waals surface area contributed by atoms with Crippen LogP contribution in [0, 0.1) is 0 Å². The van der Waals surface area contributed by atoms with Crippen LogP contribution >= 0.6 is 15.9 Å². The molecule has 0 N–H and O–H groups in total. The highest BCUT2D eigenvalue weighted by Gasteiger charge is 2.19. The fraction of sp³-hybridized carbons (Fsp3) is 0.333. The molecule has 0 radical (unpaired) electrons. The molecule has 0 saturated heterocycles. The summed E-state index contributed by atoms with van der Waals surface area (Å²) in [5.41, 5.74) is 2.05. The Morgan fingerprint density at radius 3 is 1.89 bits per heavy atom. The lowest BCUT2D eigenvalue weighted by atomic mass is 10.1. The summed E-state index contributed by atoms with van der Waals surface area (Å²) in [6.45, 7) is 2.90. The van der Waals surface area contributed by atoms with E-state index in [1.807, 2.05) is 19.1 Å². The molecule has 0 spiro atoms. The summed E-state index contributed by atoms with van der Waals surface area (Å²) < 4.78 is 11.3. The van der Waals surface area contributed by atoms with E-state index in [-0.39, 0.29) is 11.8 Å². The monoisotopic (exact) mass is 448 g/mol. The maximum atomic E-state index is 13.0. The van der Waals surface area contributed by atoms with Gasteiger partial charge in [-0.3, -0.25) is 9.59 Å². The summed E-state index contributed by atoms with van der Waals surface area (Å²) in [6, 6.07) is 10.7. The first kappa shape index (κ1) is 21.8. The SMILES string of the molecule is CCN(Cc1ccc(C(=O)N(C)C)cc1)C(=O)c1cc(OC)c(Br)c(OC)c1. The van der Waals surface area contributed by atoms with Crippen molar-refractivity contribution in [3.05, 3.63) is 57.6 Å². The topological polar surface area (TPSA) is 59.1 Å². The van der Waals surface area contributed by atoms with Gasteiger partial charge in [-0.2, -0.15) is 0 Å². The maximum Gasteiger partial charge on any atom is 0.254 e. The van der Waals surface area contributed by atoms with Crippen LogP contribution in [0.5, 0.6) is 11.5 Å². The number of carbonyl (C=O) groups excluding carboxylic acids is 2. The van der Waals surface area contributed by atoms with Crippen molar-refractivity contribution in [1.82, 2.24) is 9.80 Å². The number of nitrogens with zero attached hydrogens (tertiary/aromatic N) is 2. The van der Waals surface area contributed by atoms with Crippen molar-refractivity contribution in [3.8, 4) is 11.5 Å². The summed E-state index contributed by atoms with van der Waals surface area (Å²) in [5, 5.41) is 0. The fourth-order valence-electron chi connectivity index (χ4n) is 2.73. The van der Waals surface area contributed by atoms with Crippen LogP contribution in [0.25, 0.3) is 0 Å². The van der Waals surface area contributed by atoms with Crippen LogP contribution in [0.3, 0.4) is 0 Å². The van der Waals surface area contributed by atoms with Gasteiger partial charge in [0.25, 0.3) is 11.8 Å². The molecule has 2 rings (SSSR count). The number of halogens is 1. The zero-order valence-corrected chi connectivity index (χ0v) is 18.4. The number of ether oxygens (including phenoxy) is 2. The molecule has 0 fully saturated rings. The molecule has 0 aliphatic carbocycles. The molecule has 28 heavy (non-hydrogen) atoms. The van der Waals surface area contributed by atoms with Crippen molar-refractivity contribution in [2.45, 2.75) is 13.5 Å². The number of amides is 2. The first-order valence-corrected chi connectivity index (χ1v) is 9.63. The van der Waals surface area contributed by atoms with Crippen LogP contribution in [0.1, 0.15) is 33.2 Å². The van der Waals surface area contributed by atoms with Gasteiger partial charge in [0.2, 0.25) is 0 Å². The number of carbonyl (C=O) groups is 2. The van der Waals surface area contributed by atoms with E-state index in [1.165, 1.54) is 4.90 Å². The minimum Gasteiger partial charge on any atom is -0.495 e. The average molecular weight is 449 g/mol. The smallest absolute Gasteiger partial charge is 0.254 e. The summed E-state index contributed by atoms with van der Waals surface area (Å²) in [6.07, 6.45) is 0. The van der Waals surface area contributed by atoms with Gasteiger partial charge < -0.3 is 19.3 Å². The minimum atomic E-state index is -0.125. The van der Waals surface area contributed by atoms with Gasteiger partial charge >= 0.3 is 0 Å². The second kappa shape index (κ2) is 9.59. The minimum absolute atomic E-state index is 0.0518. The van der Waals surface area contributed by atoms with Crippen LogP contribution in [-0.4, -0.2) is 56.5 Å². The van der Waals surface area contributed by atoms with Crippen molar-refractivity contribution in [3.63, 3.8) is 0 Å². The highest BCUT2D eigenvalue weighted by molar-refractivity contribution is 9.10. The fourth-order valence-corrected chi connectivity index (χ4v) is 3.29. The first-order valence-electron chi connectivity index (χ1n) is 8.83. The lowest BCUT2D eigenvalue weighted by molar-refractivity contribution is 0.0750. The Balaban J connectivity index is 2.23. The van der Waals surface area contributed by atoms with Gasteiger partial charge in [0, 0.05) is 38.3 Å². The molecule has 0 aromatic heterocycles. The van der Waals surface area contributed by atoms with Gasteiger partial charge in [-0.05, 0) is 52.7 Å². The van der Waals surface area contributed by atoms with Gasteiger partial charge in [0.05, 0.1) is 14.2 Å². The van der Waals surface area contributed by atoms with E-state index in [1.54, 1.807) is 57.5 Å². The van der Waals surface area contributed by atoms with Crippen LogP contribution in [-0.2, 0) is 6.54 Å². The Kier molecular flexibility index (Phi) is 7.45. The summed E-state index contributed by atoms with van der Waals surface area (Å²) in [5.74, 6) is 0.889. The third-order valence-electron chi connectivity index (χ3n) is 4.34. The Morgan fingerprint density at radius 1 is 0.929 bits per heavy atom. The van der Waals surface area contributed by atoms with E-state index >= 15 is 0 Å². The van der Waals surface area contributed by atoms with E-state index in [4.69, 9.17) is 9.47 Å². The molecule has 0 bridgehead atoms. The van der Waals surface area contributed by atoms with Crippen LogP contribution in [0.15, 0.2) is 40.9 Å². The quantitative estimate of drug-likeness (QED) is 0.645. The van der Waals surface area contributed by atoms with Gasteiger partial charge in [0.1, 0.15) is 16.0 Å². The molecule has 0 atom stereocenters. The molecule has 2 aromatic rings. The lowest BCUT2D eigenvalue weighted by Gasteiger charge is -2.22. The van der Waals surface area contributed by atoms with Gasteiger partial charge in [-0.25, -0.2) is 0 Å². The molecule has 0 heterocycles. The van der Waals surface area contributed by atoms with Crippen LogP contribution in [0.2, 0.25) is 0 Å². The third kappa shape index (κ3) is 4.84. The van der Waals surface area contributed by atoms with Crippen molar-refractivity contribution in [2.24, 2.45) is 0 Å². The molecule has 0 unspecified atom stereocenters. The van der Waals surface area contributed by atoms with Gasteiger partial charge in [-0.15, -0.1) is 0 Å². The summed E-state index contributed by atoms with van der Waals surface area (Å²) in [4.78, 5) is 28.3. The molecule has 7 heteroatoms. The normalized spacial score (nSPS) is 10.4. The van der Waals surface area contributed by atoms with E-state index in [2.05, 4.69) is 15.9 Å². The standard InChI is InChI=1S/C21H25BrN2O4/c1-6-24(13-14-7-9-15(10-8-14)20(25)23(2)3)21(26)16-11-17(27-4)19(22)18(12-16)28-5/h7-12H,6,13H2,1-5H3. The third-order valence-corrected chi connectivity index (χ3v) is 5.12. The van der Waals surface area contributed by atoms with E-state index in [0.717, 1.165) is 5.56 Å². The van der Waals surface area contributed by atoms with Crippen molar-refractivity contribution < 1.29 is 19.1 Å². The van der Waals surface area contributed by atoms with Crippen LogP contribution in [0.4, 0.5) is 0 Å². The van der Waals surface area contributed by atoms with Gasteiger partial charge in [0.15, 0.2) is 0 Å². The molecule has 6 nitrogen and oxygen atoms in total. The Morgan fingerprint density at radius 2 is 1.46 bits per heavy atom. The number of hydrogen-bond acceptors (Lipinski definition) is 4. The maximum absolute atomic E-state index is 13.0. The summed E-state index contributed by atoms with van der Waals surface area (Å²) in [7, 11) is 6.52.